The molecule has 1 aliphatic carbocycles. The first-order chi connectivity index (χ1) is 13.1. The van der Waals surface area contributed by atoms with Crippen molar-refractivity contribution in [3.8, 4) is 0 Å². The van der Waals surface area contributed by atoms with Crippen LogP contribution in [0.5, 0.6) is 0 Å². The van der Waals surface area contributed by atoms with E-state index in [-0.39, 0.29) is 17.2 Å². The normalized spacial score (nSPS) is 20.6. The van der Waals surface area contributed by atoms with E-state index in [0.717, 1.165) is 34.6 Å². The lowest BCUT2D eigenvalue weighted by atomic mass is 9.73. The van der Waals surface area contributed by atoms with Gasteiger partial charge in [0.2, 0.25) is 0 Å². The van der Waals surface area contributed by atoms with Gasteiger partial charge >= 0.3 is 0 Å². The molecule has 3 nitrogen and oxygen atoms in total. The smallest absolute Gasteiger partial charge is 0.163 e. The minimum Gasteiger partial charge on any atom is -0.372 e. The average molecular weight is 415 g/mol. The standard InChI is InChI=1S/C23H24Cl2N2O/c1-12-7-17-18(8-13(12)2)27-22(14-5-6-15(24)16(25)9-14)21-19(26-17)10-23(3,4)11-20(21)28/h5-9,22,26-27H,10-11H2,1-4H3/t22-/m1/s1. The first kappa shape index (κ1) is 19.4. The predicted molar refractivity (Wildman–Crippen MR) is 117 cm³/mol. The second-order valence-electron chi connectivity index (χ2n) is 8.69. The second kappa shape index (κ2) is 6.82. The van der Waals surface area contributed by atoms with Gasteiger partial charge < -0.3 is 10.6 Å². The highest BCUT2D eigenvalue weighted by molar-refractivity contribution is 6.42. The fraction of sp³-hybridized carbons (Fsp3) is 0.348. The molecule has 1 heterocycles. The Morgan fingerprint density at radius 2 is 1.64 bits per heavy atom. The Balaban J connectivity index is 1.91. The molecule has 28 heavy (non-hydrogen) atoms. The molecular formula is C23H24Cl2N2O. The topological polar surface area (TPSA) is 41.1 Å². The summed E-state index contributed by atoms with van der Waals surface area (Å²) in [7, 11) is 0. The van der Waals surface area contributed by atoms with Gasteiger partial charge in [-0.1, -0.05) is 43.1 Å². The number of nitrogens with one attached hydrogen (secondary N) is 2. The number of hydrogen-bond donors (Lipinski definition) is 2. The van der Waals surface area contributed by atoms with Crippen LogP contribution in [-0.2, 0) is 4.79 Å². The van der Waals surface area contributed by atoms with Crippen molar-refractivity contribution >= 4 is 40.4 Å². The first-order valence-corrected chi connectivity index (χ1v) is 10.3. The van der Waals surface area contributed by atoms with Gasteiger partial charge in [0.15, 0.2) is 5.78 Å². The Labute approximate surface area is 176 Å². The van der Waals surface area contributed by atoms with Crippen molar-refractivity contribution in [3.63, 3.8) is 0 Å². The average Bonchev–Trinajstić information content (AvgIpc) is 2.73. The molecule has 0 aromatic heterocycles. The Morgan fingerprint density at radius 1 is 0.964 bits per heavy atom. The third-order valence-corrected chi connectivity index (χ3v) is 6.44. The van der Waals surface area contributed by atoms with Crippen molar-refractivity contribution in [3.05, 3.63) is 68.3 Å². The van der Waals surface area contributed by atoms with E-state index in [4.69, 9.17) is 23.2 Å². The molecule has 0 saturated heterocycles. The highest BCUT2D eigenvalue weighted by Gasteiger charge is 2.38. The maximum absolute atomic E-state index is 13.2. The number of halogens is 2. The highest BCUT2D eigenvalue weighted by atomic mass is 35.5. The number of benzene rings is 2. The Morgan fingerprint density at radius 3 is 2.32 bits per heavy atom. The Kier molecular flexibility index (Phi) is 4.71. The molecule has 1 atom stereocenters. The van der Waals surface area contributed by atoms with Gasteiger partial charge in [-0.15, -0.1) is 0 Å². The van der Waals surface area contributed by atoms with Crippen molar-refractivity contribution in [2.75, 3.05) is 10.6 Å². The summed E-state index contributed by atoms with van der Waals surface area (Å²) in [5, 5.41) is 8.18. The molecule has 5 heteroatoms. The van der Waals surface area contributed by atoms with Crippen molar-refractivity contribution in [1.29, 1.82) is 0 Å². The molecule has 2 aliphatic rings. The van der Waals surface area contributed by atoms with Gasteiger partial charge in [-0.3, -0.25) is 4.79 Å². The predicted octanol–water partition coefficient (Wildman–Crippen LogP) is 6.83. The monoisotopic (exact) mass is 414 g/mol. The number of carbonyl (C=O) groups excluding carboxylic acids is 1. The molecule has 1 aliphatic heterocycles. The molecular weight excluding hydrogens is 391 g/mol. The molecule has 0 spiro atoms. The summed E-state index contributed by atoms with van der Waals surface area (Å²) in [4.78, 5) is 13.2. The van der Waals surface area contributed by atoms with Crippen molar-refractivity contribution in [2.24, 2.45) is 5.41 Å². The molecule has 2 aromatic rings. The summed E-state index contributed by atoms with van der Waals surface area (Å²) >= 11 is 12.4. The number of fused-ring (bicyclic) bond motifs is 1. The van der Waals surface area contributed by atoms with Crippen LogP contribution >= 0.6 is 23.2 Å². The van der Waals surface area contributed by atoms with Crippen molar-refractivity contribution in [2.45, 2.75) is 46.6 Å². The third kappa shape index (κ3) is 3.42. The van der Waals surface area contributed by atoms with E-state index in [1.807, 2.05) is 12.1 Å². The molecule has 2 aromatic carbocycles. The summed E-state index contributed by atoms with van der Waals surface area (Å²) in [5.74, 6) is 0.170. The van der Waals surface area contributed by atoms with Crippen LogP contribution in [-0.4, -0.2) is 5.78 Å². The SMILES string of the molecule is Cc1cc2c(cc1C)N[C@H](c1ccc(Cl)c(Cl)c1)C1=C(CC(C)(C)CC1=O)N2. The number of rotatable bonds is 1. The van der Waals surface area contributed by atoms with Gasteiger partial charge in [0.1, 0.15) is 0 Å². The lowest BCUT2D eigenvalue weighted by molar-refractivity contribution is -0.118. The second-order valence-corrected chi connectivity index (χ2v) is 9.51. The fourth-order valence-electron chi connectivity index (χ4n) is 4.15. The quantitative estimate of drug-likeness (QED) is 0.536. The van der Waals surface area contributed by atoms with E-state index >= 15 is 0 Å². The summed E-state index contributed by atoms with van der Waals surface area (Å²) in [6.07, 6.45) is 1.35. The zero-order chi connectivity index (χ0) is 20.2. The third-order valence-electron chi connectivity index (χ3n) is 5.70. The fourth-order valence-corrected chi connectivity index (χ4v) is 4.46. The molecule has 0 amide bonds. The Hall–Kier alpha value is -1.97. The van der Waals surface area contributed by atoms with Crippen LogP contribution < -0.4 is 10.6 Å². The van der Waals surface area contributed by atoms with Gasteiger partial charge in [0.05, 0.1) is 27.5 Å². The van der Waals surface area contributed by atoms with Crippen molar-refractivity contribution in [1.82, 2.24) is 0 Å². The first-order valence-electron chi connectivity index (χ1n) is 9.51. The number of ketones is 1. The molecule has 0 saturated carbocycles. The van der Waals surface area contributed by atoms with Crippen molar-refractivity contribution < 1.29 is 4.79 Å². The molecule has 4 rings (SSSR count). The van der Waals surface area contributed by atoms with Crippen LogP contribution in [0.15, 0.2) is 41.6 Å². The lowest BCUT2D eigenvalue weighted by Gasteiger charge is -2.34. The molecule has 0 bridgehead atoms. The zero-order valence-corrected chi connectivity index (χ0v) is 18.1. The van der Waals surface area contributed by atoms with Crippen LogP contribution in [0.3, 0.4) is 0 Å². The van der Waals surface area contributed by atoms with Gasteiger partial charge in [0.25, 0.3) is 0 Å². The van der Waals surface area contributed by atoms with Crippen LogP contribution in [0.1, 0.15) is 49.4 Å². The number of carbonyl (C=O) groups is 1. The molecule has 0 radical (unpaired) electrons. The van der Waals surface area contributed by atoms with E-state index in [0.29, 0.717) is 16.5 Å². The lowest BCUT2D eigenvalue weighted by Crippen LogP contribution is -2.31. The number of anilines is 2. The van der Waals surface area contributed by atoms with E-state index in [1.165, 1.54) is 11.1 Å². The highest BCUT2D eigenvalue weighted by Crippen LogP contribution is 2.46. The maximum Gasteiger partial charge on any atom is 0.163 e. The summed E-state index contributed by atoms with van der Waals surface area (Å²) in [5.41, 5.74) is 7.05. The number of hydrogen-bond acceptors (Lipinski definition) is 3. The minimum absolute atomic E-state index is 0.0741. The summed E-state index contributed by atoms with van der Waals surface area (Å²) in [6.45, 7) is 8.48. The largest absolute Gasteiger partial charge is 0.372 e. The number of allylic oxidation sites excluding steroid dienone is 1. The van der Waals surface area contributed by atoms with Gasteiger partial charge in [-0.25, -0.2) is 0 Å². The van der Waals surface area contributed by atoms with E-state index in [1.54, 1.807) is 6.07 Å². The Bertz CT molecular complexity index is 1020. The van der Waals surface area contributed by atoms with Gasteiger partial charge in [-0.2, -0.15) is 0 Å². The van der Waals surface area contributed by atoms with Gasteiger partial charge in [0, 0.05) is 17.7 Å². The van der Waals surface area contributed by atoms with E-state index in [2.05, 4.69) is 50.5 Å². The molecule has 0 unspecified atom stereocenters. The van der Waals surface area contributed by atoms with Crippen LogP contribution in [0.4, 0.5) is 11.4 Å². The molecule has 146 valence electrons. The zero-order valence-electron chi connectivity index (χ0n) is 16.5. The van der Waals surface area contributed by atoms with Crippen LogP contribution in [0, 0.1) is 19.3 Å². The summed E-state index contributed by atoms with van der Waals surface area (Å²) in [6, 6.07) is 9.59. The molecule has 2 N–H and O–H groups in total. The number of aryl methyl sites for hydroxylation is 2. The maximum atomic E-state index is 13.2. The van der Waals surface area contributed by atoms with Gasteiger partial charge in [-0.05, 0) is 66.6 Å². The molecule has 0 fully saturated rings. The number of Topliss-reactive ketones (excluding diaryl/α,β-unsaturated/α-hetero) is 1. The van der Waals surface area contributed by atoms with E-state index in [9.17, 15) is 4.79 Å². The van der Waals surface area contributed by atoms with E-state index < -0.39 is 0 Å². The van der Waals surface area contributed by atoms with Crippen LogP contribution in [0.25, 0.3) is 0 Å². The van der Waals surface area contributed by atoms with Crippen LogP contribution in [0.2, 0.25) is 10.0 Å². The minimum atomic E-state index is -0.274. The summed E-state index contributed by atoms with van der Waals surface area (Å²) < 4.78 is 0.